The van der Waals surface area contributed by atoms with E-state index in [0.717, 1.165) is 44.7 Å². The Bertz CT molecular complexity index is 1010. The summed E-state index contributed by atoms with van der Waals surface area (Å²) in [5.74, 6) is -0.108. The number of H-pyrrole nitrogens is 1. The lowest BCUT2D eigenvalue weighted by atomic mass is 10.1. The number of aromatic nitrogens is 2. The number of hydrogen-bond acceptors (Lipinski definition) is 4. The first-order valence-corrected chi connectivity index (χ1v) is 9.44. The van der Waals surface area contributed by atoms with Gasteiger partial charge >= 0.3 is 0 Å². The molecule has 0 aliphatic carbocycles. The van der Waals surface area contributed by atoms with Crippen molar-refractivity contribution in [1.82, 2.24) is 24.5 Å². The average Bonchev–Trinajstić information content (AvgIpc) is 3.17. The molecule has 7 heteroatoms. The third-order valence-corrected chi connectivity index (χ3v) is 5.28. The minimum atomic E-state index is -0.155. The first-order valence-electron chi connectivity index (χ1n) is 9.44. The van der Waals surface area contributed by atoms with Gasteiger partial charge in [0.2, 0.25) is 0 Å². The van der Waals surface area contributed by atoms with Crippen molar-refractivity contribution in [1.29, 1.82) is 0 Å². The lowest BCUT2D eigenvalue weighted by Gasteiger charge is -2.32. The Morgan fingerprint density at radius 2 is 1.96 bits per heavy atom. The highest BCUT2D eigenvalue weighted by Crippen LogP contribution is 2.15. The van der Waals surface area contributed by atoms with E-state index < -0.39 is 0 Å². The number of hydrogen-bond donors (Lipinski definition) is 2. The van der Waals surface area contributed by atoms with Crippen molar-refractivity contribution < 1.29 is 4.79 Å². The van der Waals surface area contributed by atoms with Crippen LogP contribution in [0.2, 0.25) is 0 Å². The topological polar surface area (TPSA) is 72.8 Å². The van der Waals surface area contributed by atoms with Crippen molar-refractivity contribution in [2.75, 3.05) is 46.3 Å². The van der Waals surface area contributed by atoms with Gasteiger partial charge in [-0.05, 0) is 50.3 Å². The summed E-state index contributed by atoms with van der Waals surface area (Å²) in [5.41, 5.74) is 2.54. The first kappa shape index (κ1) is 17.8. The SMILES string of the molecule is CN1CCN(CCCNC(=O)c2ccc3c(c2)[nH]c(=O)c2cccn23)CC1. The molecule has 1 fully saturated rings. The summed E-state index contributed by atoms with van der Waals surface area (Å²) in [6, 6.07) is 9.03. The molecule has 27 heavy (non-hydrogen) atoms. The summed E-state index contributed by atoms with van der Waals surface area (Å²) in [5, 5.41) is 2.98. The molecule has 2 N–H and O–H groups in total. The lowest BCUT2D eigenvalue weighted by molar-refractivity contribution is 0.0949. The molecular weight excluding hydrogens is 342 g/mol. The summed E-state index contributed by atoms with van der Waals surface area (Å²) >= 11 is 0. The Morgan fingerprint density at radius 3 is 2.78 bits per heavy atom. The van der Waals surface area contributed by atoms with Crippen LogP contribution in [0.3, 0.4) is 0 Å². The Morgan fingerprint density at radius 1 is 1.15 bits per heavy atom. The van der Waals surface area contributed by atoms with E-state index in [9.17, 15) is 9.59 Å². The van der Waals surface area contributed by atoms with E-state index in [2.05, 4.69) is 27.1 Å². The first-order chi connectivity index (χ1) is 13.1. The summed E-state index contributed by atoms with van der Waals surface area (Å²) < 4.78 is 1.84. The van der Waals surface area contributed by atoms with Gasteiger partial charge in [0.05, 0.1) is 11.0 Å². The zero-order valence-corrected chi connectivity index (χ0v) is 15.6. The Kier molecular flexibility index (Phi) is 4.96. The maximum absolute atomic E-state index is 12.5. The zero-order valence-electron chi connectivity index (χ0n) is 15.6. The molecule has 2 aromatic heterocycles. The second kappa shape index (κ2) is 7.54. The molecule has 0 saturated carbocycles. The number of carbonyl (C=O) groups is 1. The second-order valence-electron chi connectivity index (χ2n) is 7.20. The number of fused-ring (bicyclic) bond motifs is 3. The minimum Gasteiger partial charge on any atom is -0.352 e. The number of aromatic amines is 1. The van der Waals surface area contributed by atoms with Gasteiger partial charge < -0.3 is 24.5 Å². The lowest BCUT2D eigenvalue weighted by Crippen LogP contribution is -2.45. The smallest absolute Gasteiger partial charge is 0.272 e. The molecule has 7 nitrogen and oxygen atoms in total. The predicted octanol–water partition coefficient (Wildman–Crippen LogP) is 1.15. The summed E-state index contributed by atoms with van der Waals surface area (Å²) in [6.45, 7) is 6.06. The van der Waals surface area contributed by atoms with Crippen LogP contribution < -0.4 is 10.9 Å². The van der Waals surface area contributed by atoms with Gasteiger partial charge in [0.15, 0.2) is 0 Å². The minimum absolute atomic E-state index is 0.108. The predicted molar refractivity (Wildman–Crippen MR) is 106 cm³/mol. The highest BCUT2D eigenvalue weighted by molar-refractivity contribution is 5.97. The molecule has 1 saturated heterocycles. The van der Waals surface area contributed by atoms with E-state index in [1.807, 2.05) is 22.7 Å². The van der Waals surface area contributed by atoms with Crippen LogP contribution in [0.5, 0.6) is 0 Å². The molecule has 3 heterocycles. The summed E-state index contributed by atoms with van der Waals surface area (Å²) in [7, 11) is 2.15. The molecule has 0 bridgehead atoms. The van der Waals surface area contributed by atoms with Gasteiger partial charge in [0.25, 0.3) is 11.5 Å². The molecule has 1 aliphatic rings. The van der Waals surface area contributed by atoms with Gasteiger partial charge in [-0.3, -0.25) is 9.59 Å². The Hall–Kier alpha value is -2.64. The van der Waals surface area contributed by atoms with Gasteiger partial charge in [0.1, 0.15) is 5.52 Å². The molecular formula is C20H25N5O2. The van der Waals surface area contributed by atoms with Crippen LogP contribution in [-0.4, -0.2) is 71.4 Å². The van der Waals surface area contributed by atoms with E-state index in [-0.39, 0.29) is 11.5 Å². The van der Waals surface area contributed by atoms with Crippen LogP contribution in [0, 0.1) is 0 Å². The highest BCUT2D eigenvalue weighted by Gasteiger charge is 2.13. The number of piperazine rings is 1. The van der Waals surface area contributed by atoms with Crippen LogP contribution in [0.25, 0.3) is 16.6 Å². The Balaban J connectivity index is 1.38. The van der Waals surface area contributed by atoms with E-state index in [4.69, 9.17) is 0 Å². The van der Waals surface area contributed by atoms with Gasteiger partial charge in [-0.25, -0.2) is 0 Å². The molecule has 4 rings (SSSR count). The average molecular weight is 367 g/mol. The Labute approximate surface area is 157 Å². The van der Waals surface area contributed by atoms with Crippen LogP contribution >= 0.6 is 0 Å². The molecule has 1 aliphatic heterocycles. The van der Waals surface area contributed by atoms with Crippen molar-refractivity contribution in [3.63, 3.8) is 0 Å². The van der Waals surface area contributed by atoms with E-state index in [0.29, 0.717) is 23.1 Å². The number of benzene rings is 1. The van der Waals surface area contributed by atoms with Crippen LogP contribution in [0.1, 0.15) is 16.8 Å². The van der Waals surface area contributed by atoms with Crippen molar-refractivity contribution >= 4 is 22.5 Å². The molecule has 3 aromatic rings. The fourth-order valence-corrected chi connectivity index (χ4v) is 3.63. The largest absolute Gasteiger partial charge is 0.352 e. The molecule has 0 atom stereocenters. The number of amides is 1. The van der Waals surface area contributed by atoms with Crippen LogP contribution in [-0.2, 0) is 0 Å². The number of nitrogens with one attached hydrogen (secondary N) is 2. The molecule has 0 spiro atoms. The molecule has 0 unspecified atom stereocenters. The maximum Gasteiger partial charge on any atom is 0.272 e. The van der Waals surface area contributed by atoms with Gasteiger partial charge in [0, 0.05) is 44.5 Å². The quantitative estimate of drug-likeness (QED) is 0.664. The molecule has 1 amide bonds. The molecule has 142 valence electrons. The van der Waals surface area contributed by atoms with Gasteiger partial charge in [-0.2, -0.15) is 0 Å². The number of carbonyl (C=O) groups excluding carboxylic acids is 1. The number of rotatable bonds is 5. The fourth-order valence-electron chi connectivity index (χ4n) is 3.63. The van der Waals surface area contributed by atoms with E-state index in [1.54, 1.807) is 18.2 Å². The molecule has 0 radical (unpaired) electrons. The van der Waals surface area contributed by atoms with Crippen molar-refractivity contribution in [2.24, 2.45) is 0 Å². The summed E-state index contributed by atoms with van der Waals surface area (Å²) in [6.07, 6.45) is 2.79. The summed E-state index contributed by atoms with van der Waals surface area (Å²) in [4.78, 5) is 32.2. The fraction of sp³-hybridized carbons (Fsp3) is 0.400. The molecule has 1 aromatic carbocycles. The second-order valence-corrected chi connectivity index (χ2v) is 7.20. The third kappa shape index (κ3) is 3.74. The number of likely N-dealkylation sites (N-methyl/N-ethyl adjacent to an activating group) is 1. The van der Waals surface area contributed by atoms with E-state index in [1.165, 1.54) is 0 Å². The van der Waals surface area contributed by atoms with E-state index >= 15 is 0 Å². The monoisotopic (exact) mass is 367 g/mol. The van der Waals surface area contributed by atoms with Crippen molar-refractivity contribution in [3.8, 4) is 0 Å². The van der Waals surface area contributed by atoms with Crippen LogP contribution in [0.15, 0.2) is 41.3 Å². The van der Waals surface area contributed by atoms with Crippen LogP contribution in [0.4, 0.5) is 0 Å². The third-order valence-electron chi connectivity index (χ3n) is 5.28. The highest BCUT2D eigenvalue weighted by atomic mass is 16.1. The normalized spacial score (nSPS) is 16.2. The van der Waals surface area contributed by atoms with Crippen molar-refractivity contribution in [2.45, 2.75) is 6.42 Å². The maximum atomic E-state index is 12.5. The van der Waals surface area contributed by atoms with Gasteiger partial charge in [-0.15, -0.1) is 0 Å². The van der Waals surface area contributed by atoms with Gasteiger partial charge in [-0.1, -0.05) is 0 Å². The number of nitrogens with zero attached hydrogens (tertiary/aromatic N) is 3. The standard InChI is InChI=1S/C20H25N5O2/c1-23-10-12-24(13-11-23)8-3-7-21-19(26)15-5-6-17-16(14-15)22-20(27)18-4-2-9-25(17)18/h2,4-6,9,14H,3,7-8,10-13H2,1H3,(H,21,26)(H,22,27). The van der Waals surface area contributed by atoms with Crippen molar-refractivity contribution in [3.05, 3.63) is 52.4 Å². The zero-order chi connectivity index (χ0) is 18.8.